The van der Waals surface area contributed by atoms with Gasteiger partial charge in [-0.3, -0.25) is 0 Å². The summed E-state index contributed by atoms with van der Waals surface area (Å²) >= 11 is 0. The Kier molecular flexibility index (Phi) is 6.24. The molecule has 0 saturated carbocycles. The Hall–Kier alpha value is -0.760. The first-order valence-corrected chi connectivity index (χ1v) is 6.65. The lowest BCUT2D eigenvalue weighted by Crippen LogP contribution is -2.26. The third kappa shape index (κ3) is 4.40. The van der Waals surface area contributed by atoms with Gasteiger partial charge >= 0.3 is 0 Å². The fourth-order valence-electron chi connectivity index (χ4n) is 2.00. The highest BCUT2D eigenvalue weighted by Gasteiger charge is 2.03. The van der Waals surface area contributed by atoms with E-state index in [2.05, 4.69) is 49.0 Å². The molecule has 0 aliphatic carbocycles. The topological polar surface area (TPSA) is 17.0 Å². The van der Waals surface area contributed by atoms with E-state index in [1.165, 1.54) is 31.4 Å². The molecule has 0 bridgehead atoms. The molecule has 1 rings (SSSR count). The summed E-state index contributed by atoms with van der Waals surface area (Å²) in [6.07, 6.45) is 7.46. The van der Waals surface area contributed by atoms with Crippen molar-refractivity contribution in [3.8, 4) is 0 Å². The number of hydrogen-bond donors (Lipinski definition) is 1. The molecule has 0 aliphatic heterocycles. The summed E-state index contributed by atoms with van der Waals surface area (Å²) in [5, 5.41) is 3.60. The van der Waals surface area contributed by atoms with E-state index in [0.29, 0.717) is 6.04 Å². The second-order valence-electron chi connectivity index (χ2n) is 4.56. The number of hydrogen-bond acceptors (Lipinski definition) is 1. The lowest BCUT2D eigenvalue weighted by atomic mass is 10.1. The van der Waals surface area contributed by atoms with Crippen molar-refractivity contribution < 1.29 is 0 Å². The zero-order chi connectivity index (χ0) is 11.8. The summed E-state index contributed by atoms with van der Waals surface area (Å²) in [7, 11) is 0. The first-order chi connectivity index (χ1) is 7.77. The maximum absolute atomic E-state index is 3.60. The highest BCUT2D eigenvalue weighted by atomic mass is 15.0. The molecule has 1 heterocycles. The van der Waals surface area contributed by atoms with Gasteiger partial charge in [0.15, 0.2) is 0 Å². The average molecular weight is 222 g/mol. The van der Waals surface area contributed by atoms with Gasteiger partial charge in [0.1, 0.15) is 0 Å². The molecule has 0 spiro atoms. The van der Waals surface area contributed by atoms with E-state index in [4.69, 9.17) is 0 Å². The number of aromatic nitrogens is 1. The lowest BCUT2D eigenvalue weighted by Gasteiger charge is -2.14. The van der Waals surface area contributed by atoms with Crippen LogP contribution in [0.25, 0.3) is 0 Å². The predicted molar refractivity (Wildman–Crippen MR) is 70.5 cm³/mol. The summed E-state index contributed by atoms with van der Waals surface area (Å²) in [6, 6.07) is 4.96. The molecule has 0 amide bonds. The lowest BCUT2D eigenvalue weighted by molar-refractivity contribution is 0.477. The third-order valence-corrected chi connectivity index (χ3v) is 3.14. The van der Waals surface area contributed by atoms with Crippen LogP contribution >= 0.6 is 0 Å². The first kappa shape index (κ1) is 13.3. The Labute approximate surface area is 100 Å². The maximum Gasteiger partial charge on any atom is 0.0361 e. The smallest absolute Gasteiger partial charge is 0.0361 e. The molecule has 0 saturated heterocycles. The molecular formula is C14H26N2. The Balaban J connectivity index is 2.23. The molecule has 16 heavy (non-hydrogen) atoms. The van der Waals surface area contributed by atoms with Crippen LogP contribution in [0.15, 0.2) is 18.3 Å². The average Bonchev–Trinajstić information content (AvgIpc) is 2.74. The molecule has 1 atom stereocenters. The molecule has 1 N–H and O–H groups in total. The second kappa shape index (κ2) is 7.50. The van der Waals surface area contributed by atoms with Crippen molar-refractivity contribution in [1.82, 2.24) is 9.88 Å². The van der Waals surface area contributed by atoms with E-state index < -0.39 is 0 Å². The van der Waals surface area contributed by atoms with Gasteiger partial charge in [0.05, 0.1) is 0 Å². The van der Waals surface area contributed by atoms with Crippen LogP contribution in [0.5, 0.6) is 0 Å². The van der Waals surface area contributed by atoms with Crippen LogP contribution in [-0.4, -0.2) is 10.6 Å². The zero-order valence-electron chi connectivity index (χ0n) is 11.0. The van der Waals surface area contributed by atoms with E-state index in [0.717, 1.165) is 13.1 Å². The van der Waals surface area contributed by atoms with Crippen LogP contribution in [0.3, 0.4) is 0 Å². The summed E-state index contributed by atoms with van der Waals surface area (Å²) in [5.74, 6) is 0. The Morgan fingerprint density at radius 1 is 1.31 bits per heavy atom. The molecule has 0 radical (unpaired) electrons. The SMILES string of the molecule is CCCCCC(C)NCc1cccn1CC. The summed E-state index contributed by atoms with van der Waals surface area (Å²) in [6.45, 7) is 8.79. The monoisotopic (exact) mass is 222 g/mol. The van der Waals surface area contributed by atoms with Crippen LogP contribution in [0.4, 0.5) is 0 Å². The molecular weight excluding hydrogens is 196 g/mol. The minimum absolute atomic E-state index is 0.631. The number of rotatable bonds is 8. The highest BCUT2D eigenvalue weighted by molar-refractivity contribution is 5.06. The Morgan fingerprint density at radius 3 is 2.81 bits per heavy atom. The molecule has 0 aromatic carbocycles. The summed E-state index contributed by atoms with van der Waals surface area (Å²) in [5.41, 5.74) is 1.39. The number of unbranched alkanes of at least 4 members (excludes halogenated alkanes) is 2. The van der Waals surface area contributed by atoms with Crippen LogP contribution < -0.4 is 5.32 Å². The van der Waals surface area contributed by atoms with Gasteiger partial charge < -0.3 is 9.88 Å². The third-order valence-electron chi connectivity index (χ3n) is 3.14. The molecule has 2 nitrogen and oxygen atoms in total. The van der Waals surface area contributed by atoms with Gasteiger partial charge in [-0.1, -0.05) is 26.2 Å². The number of nitrogens with one attached hydrogen (secondary N) is 1. The normalized spacial score (nSPS) is 12.9. The van der Waals surface area contributed by atoms with Gasteiger partial charge in [-0.25, -0.2) is 0 Å². The van der Waals surface area contributed by atoms with E-state index in [9.17, 15) is 0 Å². The second-order valence-corrected chi connectivity index (χ2v) is 4.56. The van der Waals surface area contributed by atoms with Crippen molar-refractivity contribution in [2.24, 2.45) is 0 Å². The summed E-state index contributed by atoms with van der Waals surface area (Å²) in [4.78, 5) is 0. The molecule has 1 aromatic rings. The van der Waals surface area contributed by atoms with Gasteiger partial charge in [0, 0.05) is 31.0 Å². The predicted octanol–water partition coefficient (Wildman–Crippen LogP) is 3.57. The fourth-order valence-corrected chi connectivity index (χ4v) is 2.00. The standard InChI is InChI=1S/C14H26N2/c1-4-6-7-9-13(3)15-12-14-10-8-11-16(14)5-2/h8,10-11,13,15H,4-7,9,12H2,1-3H3. The first-order valence-electron chi connectivity index (χ1n) is 6.65. The van der Waals surface area contributed by atoms with E-state index in [-0.39, 0.29) is 0 Å². The van der Waals surface area contributed by atoms with E-state index in [1.807, 2.05) is 0 Å². The molecule has 0 fully saturated rings. The van der Waals surface area contributed by atoms with Gasteiger partial charge in [-0.05, 0) is 32.4 Å². The van der Waals surface area contributed by atoms with Crippen LogP contribution in [-0.2, 0) is 13.1 Å². The largest absolute Gasteiger partial charge is 0.351 e. The van der Waals surface area contributed by atoms with Crippen LogP contribution in [0, 0.1) is 0 Å². The van der Waals surface area contributed by atoms with Crippen molar-refractivity contribution in [3.63, 3.8) is 0 Å². The van der Waals surface area contributed by atoms with Crippen molar-refractivity contribution in [2.45, 2.75) is 65.6 Å². The maximum atomic E-state index is 3.60. The highest BCUT2D eigenvalue weighted by Crippen LogP contribution is 2.05. The molecule has 0 aliphatic rings. The van der Waals surface area contributed by atoms with Gasteiger partial charge in [-0.15, -0.1) is 0 Å². The number of nitrogens with zero attached hydrogens (tertiary/aromatic N) is 1. The van der Waals surface area contributed by atoms with Gasteiger partial charge in [0.25, 0.3) is 0 Å². The molecule has 92 valence electrons. The molecule has 1 aromatic heterocycles. The minimum Gasteiger partial charge on any atom is -0.351 e. The zero-order valence-corrected chi connectivity index (χ0v) is 11.0. The quantitative estimate of drug-likeness (QED) is 0.665. The minimum atomic E-state index is 0.631. The summed E-state index contributed by atoms with van der Waals surface area (Å²) < 4.78 is 2.30. The van der Waals surface area contributed by atoms with E-state index >= 15 is 0 Å². The fraction of sp³-hybridized carbons (Fsp3) is 0.714. The van der Waals surface area contributed by atoms with E-state index in [1.54, 1.807) is 0 Å². The van der Waals surface area contributed by atoms with Crippen LogP contribution in [0.2, 0.25) is 0 Å². The van der Waals surface area contributed by atoms with Gasteiger partial charge in [0.2, 0.25) is 0 Å². The Morgan fingerprint density at radius 2 is 2.12 bits per heavy atom. The van der Waals surface area contributed by atoms with Crippen molar-refractivity contribution in [2.75, 3.05) is 0 Å². The van der Waals surface area contributed by atoms with Crippen molar-refractivity contribution in [3.05, 3.63) is 24.0 Å². The Bertz CT molecular complexity index is 278. The van der Waals surface area contributed by atoms with Crippen LogP contribution in [0.1, 0.15) is 52.1 Å². The molecule has 1 unspecified atom stereocenters. The molecule has 2 heteroatoms. The van der Waals surface area contributed by atoms with Crippen molar-refractivity contribution in [1.29, 1.82) is 0 Å². The van der Waals surface area contributed by atoms with Gasteiger partial charge in [-0.2, -0.15) is 0 Å². The number of aryl methyl sites for hydroxylation is 1. The van der Waals surface area contributed by atoms with Crippen molar-refractivity contribution >= 4 is 0 Å².